The van der Waals surface area contributed by atoms with E-state index in [0.29, 0.717) is 12.5 Å². The lowest BCUT2D eigenvalue weighted by molar-refractivity contribution is -0.150. The fourth-order valence-corrected chi connectivity index (χ4v) is 2.39. The van der Waals surface area contributed by atoms with Crippen LogP contribution in [0.4, 0.5) is 0 Å². The lowest BCUT2D eigenvalue weighted by Crippen LogP contribution is -2.37. The van der Waals surface area contributed by atoms with Gasteiger partial charge in [-0.2, -0.15) is 0 Å². The van der Waals surface area contributed by atoms with Crippen molar-refractivity contribution in [2.45, 2.75) is 31.9 Å². The summed E-state index contributed by atoms with van der Waals surface area (Å²) in [6, 6.07) is 9.62. The number of nitrogens with two attached hydrogens (primary N) is 1. The van der Waals surface area contributed by atoms with E-state index >= 15 is 0 Å². The molecule has 1 aromatic rings. The second kappa shape index (κ2) is 6.68. The Bertz CT molecular complexity index is 407. The highest BCUT2D eigenvalue weighted by Gasteiger charge is 2.24. The Morgan fingerprint density at radius 1 is 1.26 bits per heavy atom. The van der Waals surface area contributed by atoms with Gasteiger partial charge in [-0.1, -0.05) is 30.3 Å². The molecule has 104 valence electrons. The minimum Gasteiger partial charge on any atom is -0.461 e. The molecule has 2 rings (SSSR count). The van der Waals surface area contributed by atoms with E-state index in [4.69, 9.17) is 15.2 Å². The van der Waals surface area contributed by atoms with Gasteiger partial charge in [0.15, 0.2) is 0 Å². The molecule has 0 spiro atoms. The number of hydrogen-bond acceptors (Lipinski definition) is 4. The molecular formula is C15H21NO3. The third-order valence-corrected chi connectivity index (χ3v) is 3.30. The summed E-state index contributed by atoms with van der Waals surface area (Å²) in [5, 5.41) is 0. The van der Waals surface area contributed by atoms with Crippen molar-refractivity contribution in [3.63, 3.8) is 0 Å². The summed E-state index contributed by atoms with van der Waals surface area (Å²) in [6.45, 7) is 2.76. The standard InChI is InChI=1S/C15H21NO3/c1-11-7-13(8-12-5-3-2-4-6-12)9-18-10-14(16)15(17)19-11/h2-6,11,13-14H,7-10,16H2,1H3/t11?,13?,14-/m0/s1. The summed E-state index contributed by atoms with van der Waals surface area (Å²) >= 11 is 0. The molecule has 0 bridgehead atoms. The largest absolute Gasteiger partial charge is 0.461 e. The molecule has 1 aromatic carbocycles. The SMILES string of the molecule is CC1CC(Cc2ccccc2)COC[C@H](N)C(=O)O1. The quantitative estimate of drug-likeness (QED) is 0.822. The zero-order valence-electron chi connectivity index (χ0n) is 11.2. The number of carbonyl (C=O) groups excluding carboxylic acids is 1. The Kier molecular flexibility index (Phi) is 4.93. The van der Waals surface area contributed by atoms with Gasteiger partial charge < -0.3 is 15.2 Å². The van der Waals surface area contributed by atoms with E-state index in [9.17, 15) is 4.79 Å². The number of benzene rings is 1. The Labute approximate surface area is 113 Å². The van der Waals surface area contributed by atoms with Gasteiger partial charge in [-0.3, -0.25) is 4.79 Å². The van der Waals surface area contributed by atoms with Crippen LogP contribution in [0.5, 0.6) is 0 Å². The van der Waals surface area contributed by atoms with Crippen molar-refractivity contribution in [1.29, 1.82) is 0 Å². The Morgan fingerprint density at radius 3 is 2.74 bits per heavy atom. The summed E-state index contributed by atoms with van der Waals surface area (Å²) in [5.74, 6) is -0.0247. The molecular weight excluding hydrogens is 242 g/mol. The molecule has 4 heteroatoms. The molecule has 3 atom stereocenters. The molecule has 1 aliphatic heterocycles. The molecule has 2 unspecified atom stereocenters. The van der Waals surface area contributed by atoms with Crippen LogP contribution >= 0.6 is 0 Å². The fourth-order valence-electron chi connectivity index (χ4n) is 2.39. The maximum atomic E-state index is 11.6. The van der Waals surface area contributed by atoms with Crippen molar-refractivity contribution in [1.82, 2.24) is 0 Å². The first kappa shape index (κ1) is 14.0. The van der Waals surface area contributed by atoms with Crippen LogP contribution in [0.3, 0.4) is 0 Å². The van der Waals surface area contributed by atoms with Crippen molar-refractivity contribution in [3.8, 4) is 0 Å². The maximum absolute atomic E-state index is 11.6. The van der Waals surface area contributed by atoms with E-state index < -0.39 is 6.04 Å². The van der Waals surface area contributed by atoms with Crippen LogP contribution in [0.2, 0.25) is 0 Å². The minimum atomic E-state index is -0.669. The average Bonchev–Trinajstić information content (AvgIpc) is 2.43. The van der Waals surface area contributed by atoms with E-state index in [1.54, 1.807) is 0 Å². The van der Waals surface area contributed by atoms with Gasteiger partial charge in [0, 0.05) is 6.61 Å². The number of rotatable bonds is 2. The van der Waals surface area contributed by atoms with Crippen molar-refractivity contribution in [3.05, 3.63) is 35.9 Å². The van der Waals surface area contributed by atoms with Crippen LogP contribution in [-0.4, -0.2) is 31.3 Å². The number of hydrogen-bond donors (Lipinski definition) is 1. The zero-order chi connectivity index (χ0) is 13.7. The summed E-state index contributed by atoms with van der Waals surface area (Å²) in [7, 11) is 0. The van der Waals surface area contributed by atoms with E-state index in [2.05, 4.69) is 12.1 Å². The molecule has 19 heavy (non-hydrogen) atoms. The Hall–Kier alpha value is -1.39. The lowest BCUT2D eigenvalue weighted by Gasteiger charge is -2.19. The summed E-state index contributed by atoms with van der Waals surface area (Å²) in [4.78, 5) is 11.6. The smallest absolute Gasteiger partial charge is 0.325 e. The molecule has 1 fully saturated rings. The van der Waals surface area contributed by atoms with Gasteiger partial charge in [0.2, 0.25) is 0 Å². The number of carbonyl (C=O) groups is 1. The summed E-state index contributed by atoms with van der Waals surface area (Å²) in [6.07, 6.45) is 1.61. The molecule has 2 N–H and O–H groups in total. The van der Waals surface area contributed by atoms with Crippen molar-refractivity contribution in [2.24, 2.45) is 11.7 Å². The third-order valence-electron chi connectivity index (χ3n) is 3.30. The number of esters is 1. The predicted molar refractivity (Wildman–Crippen MR) is 72.6 cm³/mol. The minimum absolute atomic E-state index is 0.117. The van der Waals surface area contributed by atoms with Gasteiger partial charge in [-0.15, -0.1) is 0 Å². The maximum Gasteiger partial charge on any atom is 0.325 e. The molecule has 4 nitrogen and oxygen atoms in total. The highest BCUT2D eigenvalue weighted by Crippen LogP contribution is 2.18. The van der Waals surface area contributed by atoms with E-state index in [0.717, 1.165) is 12.8 Å². The average molecular weight is 263 g/mol. The van der Waals surface area contributed by atoms with Gasteiger partial charge in [-0.05, 0) is 31.2 Å². The van der Waals surface area contributed by atoms with Gasteiger partial charge in [0.1, 0.15) is 6.04 Å². The van der Waals surface area contributed by atoms with Crippen LogP contribution < -0.4 is 5.73 Å². The number of cyclic esters (lactones) is 1. The van der Waals surface area contributed by atoms with Crippen LogP contribution in [0.1, 0.15) is 18.9 Å². The normalized spacial score (nSPS) is 28.9. The van der Waals surface area contributed by atoms with Gasteiger partial charge >= 0.3 is 5.97 Å². The van der Waals surface area contributed by atoms with E-state index in [1.165, 1.54) is 5.56 Å². The molecule has 1 aliphatic rings. The first-order valence-electron chi connectivity index (χ1n) is 6.73. The van der Waals surface area contributed by atoms with Crippen molar-refractivity contribution >= 4 is 5.97 Å². The Balaban J connectivity index is 1.98. The highest BCUT2D eigenvalue weighted by molar-refractivity contribution is 5.75. The second-order valence-corrected chi connectivity index (χ2v) is 5.18. The van der Waals surface area contributed by atoms with Gasteiger partial charge in [0.05, 0.1) is 12.7 Å². The van der Waals surface area contributed by atoms with Crippen LogP contribution in [0.15, 0.2) is 30.3 Å². The first-order valence-corrected chi connectivity index (χ1v) is 6.73. The first-order chi connectivity index (χ1) is 9.15. The van der Waals surface area contributed by atoms with Crippen LogP contribution in [0, 0.1) is 5.92 Å². The number of ether oxygens (including phenoxy) is 2. The third kappa shape index (κ3) is 4.33. The van der Waals surface area contributed by atoms with E-state index in [1.807, 2.05) is 25.1 Å². The topological polar surface area (TPSA) is 61.5 Å². The molecule has 0 aliphatic carbocycles. The van der Waals surface area contributed by atoms with Crippen molar-refractivity contribution in [2.75, 3.05) is 13.2 Å². The van der Waals surface area contributed by atoms with Crippen molar-refractivity contribution < 1.29 is 14.3 Å². The lowest BCUT2D eigenvalue weighted by atomic mass is 9.95. The monoisotopic (exact) mass is 263 g/mol. The summed E-state index contributed by atoms with van der Waals surface area (Å²) < 4.78 is 10.9. The van der Waals surface area contributed by atoms with Gasteiger partial charge in [-0.25, -0.2) is 0 Å². The molecule has 0 saturated carbocycles. The molecule has 0 amide bonds. The fraction of sp³-hybridized carbons (Fsp3) is 0.533. The Morgan fingerprint density at radius 2 is 2.00 bits per heavy atom. The zero-order valence-corrected chi connectivity index (χ0v) is 11.2. The van der Waals surface area contributed by atoms with Gasteiger partial charge in [0.25, 0.3) is 0 Å². The van der Waals surface area contributed by atoms with Crippen LogP contribution in [0.25, 0.3) is 0 Å². The molecule has 1 heterocycles. The molecule has 1 saturated heterocycles. The molecule has 0 radical (unpaired) electrons. The van der Waals surface area contributed by atoms with Crippen LogP contribution in [-0.2, 0) is 20.7 Å². The second-order valence-electron chi connectivity index (χ2n) is 5.18. The predicted octanol–water partition coefficient (Wildman–Crippen LogP) is 1.52. The molecule has 0 aromatic heterocycles. The van der Waals surface area contributed by atoms with E-state index in [-0.39, 0.29) is 18.7 Å². The highest BCUT2D eigenvalue weighted by atomic mass is 16.5. The summed E-state index contributed by atoms with van der Waals surface area (Å²) in [5.41, 5.74) is 6.95.